The van der Waals surface area contributed by atoms with Crippen LogP contribution in [0.25, 0.3) is 0 Å². The fraction of sp³-hybridized carbons (Fsp3) is 0.375. The van der Waals surface area contributed by atoms with Gasteiger partial charge >= 0.3 is 5.97 Å². The number of carbonyl (C=O) groups is 1. The molecule has 5 aromatic carbocycles. The number of carbonyl (C=O) groups excluding carboxylic acids is 1. The Morgan fingerprint density at radius 3 is 1.67 bits per heavy atom. The minimum Gasteiger partial charge on any atom is -0.455 e. The molecule has 10 heteroatoms. The zero-order valence-electron chi connectivity index (χ0n) is 39.3. The van der Waals surface area contributed by atoms with Crippen LogP contribution in [-0.2, 0) is 43.9 Å². The van der Waals surface area contributed by atoms with Gasteiger partial charge in [0.2, 0.25) is 0 Å². The van der Waals surface area contributed by atoms with Gasteiger partial charge in [-0.05, 0) is 42.8 Å². The van der Waals surface area contributed by atoms with Crippen LogP contribution in [0.15, 0.2) is 176 Å². The lowest BCUT2D eigenvalue weighted by molar-refractivity contribution is -0.275. The summed E-state index contributed by atoms with van der Waals surface area (Å²) in [6.45, 7) is 18.8. The Bertz CT molecular complexity index is 2270. The molecule has 0 N–H and O–H groups in total. The molecule has 0 aliphatic carbocycles. The number of ether oxygens (including phenoxy) is 5. The van der Waals surface area contributed by atoms with Crippen molar-refractivity contribution < 1.29 is 37.3 Å². The molecule has 3 aliphatic rings. The standard InChI is InChI=1S/C56H66O8Si2/c1-8-46(64-66(56(5,6)7,44-32-20-12-21-33-44)45-34-22-13-23-35-45)50(40-60-65(55(2,3)4,42-28-16-10-17-29-42)43-30-18-11-19-31-43)62-49-38-48-52(63-54(49)57)53(59-39-41-26-14-9-15-27-41)51-47(61-48)36-24-25-37-58-51/h8-35,46-53H,1,36-40H2,2-7H3/t46-,47-,48+,49-,50+,51-,52+,53+/m0/s1. The van der Waals surface area contributed by atoms with Gasteiger partial charge in [0.25, 0.3) is 16.6 Å². The predicted octanol–water partition coefficient (Wildman–Crippen LogP) is 8.46. The van der Waals surface area contributed by atoms with Gasteiger partial charge in [-0.25, -0.2) is 4.79 Å². The Morgan fingerprint density at radius 1 is 0.667 bits per heavy atom. The smallest absolute Gasteiger partial charge is 0.335 e. The molecule has 0 radical (unpaired) electrons. The summed E-state index contributed by atoms with van der Waals surface area (Å²) in [6, 6.07) is 52.2. The molecule has 0 spiro atoms. The van der Waals surface area contributed by atoms with Crippen LogP contribution in [0.2, 0.25) is 10.1 Å². The van der Waals surface area contributed by atoms with Gasteiger partial charge in [-0.3, -0.25) is 0 Å². The summed E-state index contributed by atoms with van der Waals surface area (Å²) in [5.74, 6) is -0.484. The molecule has 2 fully saturated rings. The lowest BCUT2D eigenvalue weighted by Crippen LogP contribution is -2.69. The highest BCUT2D eigenvalue weighted by molar-refractivity contribution is 7.00. The molecule has 3 heterocycles. The summed E-state index contributed by atoms with van der Waals surface area (Å²) >= 11 is 0. The Labute approximate surface area is 394 Å². The van der Waals surface area contributed by atoms with Crippen LogP contribution in [0.5, 0.6) is 0 Å². The van der Waals surface area contributed by atoms with Crippen molar-refractivity contribution in [2.75, 3.05) is 13.2 Å². The fourth-order valence-electron chi connectivity index (χ4n) is 10.3. The van der Waals surface area contributed by atoms with E-state index in [0.29, 0.717) is 19.6 Å². The molecule has 0 aromatic heterocycles. The molecule has 8 rings (SSSR count). The second-order valence-electron chi connectivity index (χ2n) is 19.7. The topological polar surface area (TPSA) is 81.7 Å². The quantitative estimate of drug-likeness (QED) is 0.0555. The zero-order chi connectivity index (χ0) is 46.4. The van der Waals surface area contributed by atoms with E-state index < -0.39 is 65.3 Å². The Morgan fingerprint density at radius 2 is 1.17 bits per heavy atom. The molecule has 8 atom stereocenters. The second-order valence-corrected chi connectivity index (χ2v) is 28.3. The van der Waals surface area contributed by atoms with Gasteiger partial charge in [0.05, 0.1) is 32.0 Å². The lowest BCUT2D eigenvalue weighted by atomic mass is 9.88. The highest BCUT2D eigenvalue weighted by Gasteiger charge is 2.56. The Balaban J connectivity index is 1.19. The molecule has 2 saturated heterocycles. The molecule has 66 heavy (non-hydrogen) atoms. The van der Waals surface area contributed by atoms with E-state index in [4.69, 9.17) is 32.5 Å². The molecular formula is C56H66O8Si2. The predicted molar refractivity (Wildman–Crippen MR) is 267 cm³/mol. The molecule has 8 nitrogen and oxygen atoms in total. The molecule has 346 valence electrons. The van der Waals surface area contributed by atoms with E-state index in [2.05, 4.69) is 151 Å². The van der Waals surface area contributed by atoms with E-state index >= 15 is 0 Å². The third-order valence-corrected chi connectivity index (χ3v) is 23.5. The van der Waals surface area contributed by atoms with Crippen LogP contribution < -0.4 is 20.7 Å². The largest absolute Gasteiger partial charge is 0.455 e. The van der Waals surface area contributed by atoms with Crippen LogP contribution in [-0.4, -0.2) is 84.6 Å². The summed E-state index contributed by atoms with van der Waals surface area (Å²) in [5, 5.41) is 3.83. The van der Waals surface area contributed by atoms with Crippen LogP contribution >= 0.6 is 0 Å². The third kappa shape index (κ3) is 9.79. The lowest BCUT2D eigenvalue weighted by Gasteiger charge is -2.49. The second kappa shape index (κ2) is 20.6. The maximum absolute atomic E-state index is 14.6. The Hall–Kier alpha value is -4.76. The minimum atomic E-state index is -3.19. The molecule has 0 amide bonds. The zero-order valence-corrected chi connectivity index (χ0v) is 41.3. The molecule has 0 bridgehead atoms. The number of benzene rings is 5. The number of esters is 1. The SMILES string of the molecule is C=C[C@H](O[Si](c1ccccc1)(c1ccccc1)C(C)(C)C)[C@@H](CO[Si](c1ccccc1)(c1ccccc1)C(C)(C)C)O[C@H]1C[C@H]2O[C@H]3CC=CCO[C@@H]3[C@@H](OCc3ccccc3)[C@@H]2OC1=O. The van der Waals surface area contributed by atoms with Crippen molar-refractivity contribution in [3.63, 3.8) is 0 Å². The van der Waals surface area contributed by atoms with Crippen LogP contribution in [0.3, 0.4) is 0 Å². The fourth-order valence-corrected chi connectivity index (χ4v) is 19.6. The molecule has 0 saturated carbocycles. The van der Waals surface area contributed by atoms with Crippen molar-refractivity contribution in [1.82, 2.24) is 0 Å². The van der Waals surface area contributed by atoms with Gasteiger partial charge in [-0.2, -0.15) is 0 Å². The van der Waals surface area contributed by atoms with Gasteiger partial charge in [0, 0.05) is 6.42 Å². The Kier molecular flexibility index (Phi) is 14.9. The first kappa shape index (κ1) is 47.7. The molecule has 5 aromatic rings. The van der Waals surface area contributed by atoms with E-state index in [1.165, 1.54) is 0 Å². The van der Waals surface area contributed by atoms with E-state index in [0.717, 1.165) is 26.3 Å². The van der Waals surface area contributed by atoms with Gasteiger partial charge in [-0.15, -0.1) is 6.58 Å². The summed E-state index contributed by atoms with van der Waals surface area (Å²) in [6.07, 6.45) is 1.84. The first-order valence-corrected chi connectivity index (χ1v) is 27.3. The number of hydrogen-bond donors (Lipinski definition) is 0. The minimum absolute atomic E-state index is 0.104. The number of rotatable bonds is 16. The highest BCUT2D eigenvalue weighted by atomic mass is 28.4. The molecule has 0 unspecified atom stereocenters. The average Bonchev–Trinajstić information content (AvgIpc) is 3.57. The van der Waals surface area contributed by atoms with Gasteiger partial charge in [0.15, 0.2) is 12.2 Å². The summed E-state index contributed by atoms with van der Waals surface area (Å²) in [7, 11) is -6.30. The van der Waals surface area contributed by atoms with Crippen molar-refractivity contribution in [2.24, 2.45) is 0 Å². The number of hydrogen-bond acceptors (Lipinski definition) is 8. The molecule has 3 aliphatic heterocycles. The summed E-state index contributed by atoms with van der Waals surface area (Å²) < 4.78 is 49.0. The van der Waals surface area contributed by atoms with Crippen LogP contribution in [0.4, 0.5) is 0 Å². The van der Waals surface area contributed by atoms with E-state index in [9.17, 15) is 4.79 Å². The van der Waals surface area contributed by atoms with Crippen molar-refractivity contribution in [3.05, 3.63) is 182 Å². The average molecular weight is 923 g/mol. The van der Waals surface area contributed by atoms with Crippen molar-refractivity contribution >= 4 is 43.4 Å². The van der Waals surface area contributed by atoms with Crippen molar-refractivity contribution in [1.29, 1.82) is 0 Å². The molecular weight excluding hydrogens is 857 g/mol. The van der Waals surface area contributed by atoms with Crippen LogP contribution in [0.1, 0.15) is 59.9 Å². The van der Waals surface area contributed by atoms with Gasteiger partial charge < -0.3 is 32.5 Å². The number of fused-ring (bicyclic) bond motifs is 2. The first-order chi connectivity index (χ1) is 31.9. The monoisotopic (exact) mass is 922 g/mol. The van der Waals surface area contributed by atoms with Crippen molar-refractivity contribution in [3.8, 4) is 0 Å². The van der Waals surface area contributed by atoms with E-state index in [-0.39, 0.29) is 29.2 Å². The van der Waals surface area contributed by atoms with E-state index in [1.807, 2.05) is 66.7 Å². The summed E-state index contributed by atoms with van der Waals surface area (Å²) in [5.41, 5.74) is 1.02. The van der Waals surface area contributed by atoms with Gasteiger partial charge in [-0.1, -0.05) is 211 Å². The van der Waals surface area contributed by atoms with Crippen molar-refractivity contribution in [2.45, 2.75) is 120 Å². The maximum atomic E-state index is 14.6. The normalized spacial score (nSPS) is 23.4. The highest BCUT2D eigenvalue weighted by Crippen LogP contribution is 2.41. The van der Waals surface area contributed by atoms with Crippen LogP contribution in [0, 0.1) is 0 Å². The third-order valence-electron chi connectivity index (χ3n) is 13.4. The first-order valence-electron chi connectivity index (χ1n) is 23.5. The van der Waals surface area contributed by atoms with Gasteiger partial charge in [0.1, 0.15) is 24.4 Å². The summed E-state index contributed by atoms with van der Waals surface area (Å²) in [4.78, 5) is 14.6. The maximum Gasteiger partial charge on any atom is 0.335 e. The van der Waals surface area contributed by atoms with E-state index in [1.54, 1.807) is 0 Å².